The fourth-order valence-corrected chi connectivity index (χ4v) is 3.43. The largest absolute Gasteiger partial charge is 0.480 e. The van der Waals surface area contributed by atoms with E-state index in [-0.39, 0.29) is 6.04 Å². The van der Waals surface area contributed by atoms with Crippen molar-refractivity contribution >= 4 is 23.3 Å². The van der Waals surface area contributed by atoms with Crippen LogP contribution in [0, 0.1) is 6.92 Å². The van der Waals surface area contributed by atoms with E-state index in [4.69, 9.17) is 0 Å². The molecule has 1 heterocycles. The van der Waals surface area contributed by atoms with Crippen molar-refractivity contribution in [1.29, 1.82) is 0 Å². The number of aryl methyl sites for hydroxylation is 1. The fraction of sp³-hybridized carbons (Fsp3) is 0.643. The van der Waals surface area contributed by atoms with Crippen molar-refractivity contribution in [2.75, 3.05) is 0 Å². The van der Waals surface area contributed by atoms with Gasteiger partial charge in [-0.2, -0.15) is 0 Å². The number of aliphatic carboxylic acids is 1. The molecule has 7 heteroatoms. The van der Waals surface area contributed by atoms with E-state index in [1.807, 2.05) is 19.2 Å². The van der Waals surface area contributed by atoms with Gasteiger partial charge in [-0.15, -0.1) is 11.3 Å². The third kappa shape index (κ3) is 3.72. The lowest BCUT2D eigenvalue weighted by Gasteiger charge is -2.34. The maximum absolute atomic E-state index is 12.1. The second-order valence-electron chi connectivity index (χ2n) is 5.60. The molecule has 1 aliphatic carbocycles. The van der Waals surface area contributed by atoms with E-state index in [1.165, 1.54) is 11.3 Å². The predicted molar refractivity (Wildman–Crippen MR) is 80.4 cm³/mol. The van der Waals surface area contributed by atoms with E-state index in [9.17, 15) is 14.7 Å². The average Bonchev–Trinajstić information content (AvgIpc) is 2.86. The van der Waals surface area contributed by atoms with Crippen molar-refractivity contribution in [3.05, 3.63) is 16.1 Å². The summed E-state index contributed by atoms with van der Waals surface area (Å²) in [4.78, 5) is 27.9. The lowest BCUT2D eigenvalue weighted by Crippen LogP contribution is -2.58. The lowest BCUT2D eigenvalue weighted by atomic mass is 9.82. The minimum Gasteiger partial charge on any atom is -0.480 e. The number of nitrogens with zero attached hydrogens (tertiary/aromatic N) is 1. The normalized spacial score (nSPS) is 18.8. The maximum Gasteiger partial charge on any atom is 0.329 e. The molecule has 1 unspecified atom stereocenters. The molecule has 21 heavy (non-hydrogen) atoms. The molecule has 1 aromatic rings. The monoisotopic (exact) mass is 311 g/mol. The summed E-state index contributed by atoms with van der Waals surface area (Å²) in [6, 6.07) is -0.683. The van der Waals surface area contributed by atoms with Crippen LogP contribution in [0.5, 0.6) is 0 Å². The zero-order valence-electron chi connectivity index (χ0n) is 12.3. The van der Waals surface area contributed by atoms with Gasteiger partial charge in [0.1, 0.15) is 10.5 Å². The highest BCUT2D eigenvalue weighted by atomic mass is 32.1. The van der Waals surface area contributed by atoms with Crippen molar-refractivity contribution in [2.45, 2.75) is 57.5 Å². The highest BCUT2D eigenvalue weighted by molar-refractivity contribution is 7.09. The van der Waals surface area contributed by atoms with E-state index >= 15 is 0 Å². The standard InChI is InChI=1S/C14H21N3O3S/c1-9-8-21-11(15-9)10(2)16-13(20)17-14(12(18)19)6-4-3-5-7-14/h8,10H,3-7H2,1-2H3,(H,18,19)(H2,16,17,20). The van der Waals surface area contributed by atoms with Gasteiger partial charge in [-0.25, -0.2) is 14.6 Å². The molecule has 0 aromatic carbocycles. The highest BCUT2D eigenvalue weighted by Crippen LogP contribution is 2.28. The number of urea groups is 1. The number of carboxylic acids is 1. The van der Waals surface area contributed by atoms with Crippen molar-refractivity contribution in [3.8, 4) is 0 Å². The summed E-state index contributed by atoms with van der Waals surface area (Å²) in [6.45, 7) is 3.74. The third-order valence-corrected chi connectivity index (χ3v) is 4.97. The van der Waals surface area contributed by atoms with Gasteiger partial charge in [-0.05, 0) is 26.7 Å². The number of carbonyl (C=O) groups excluding carboxylic acids is 1. The van der Waals surface area contributed by atoms with Crippen LogP contribution in [0.15, 0.2) is 5.38 Å². The summed E-state index contributed by atoms with van der Waals surface area (Å²) in [5, 5.41) is 17.6. The minimum absolute atomic E-state index is 0.238. The quantitative estimate of drug-likeness (QED) is 0.797. The second kappa shape index (κ2) is 6.43. The van der Waals surface area contributed by atoms with Crippen LogP contribution < -0.4 is 10.6 Å². The molecule has 0 aliphatic heterocycles. The number of thiazole rings is 1. The average molecular weight is 311 g/mol. The van der Waals surface area contributed by atoms with Gasteiger partial charge in [-0.1, -0.05) is 19.3 Å². The first kappa shape index (κ1) is 15.8. The molecule has 0 radical (unpaired) electrons. The Morgan fingerprint density at radius 1 is 1.38 bits per heavy atom. The highest BCUT2D eigenvalue weighted by Gasteiger charge is 2.41. The summed E-state index contributed by atoms with van der Waals surface area (Å²) >= 11 is 1.48. The Kier molecular flexibility index (Phi) is 4.82. The third-order valence-electron chi connectivity index (χ3n) is 3.82. The van der Waals surface area contributed by atoms with Gasteiger partial charge in [0.05, 0.1) is 6.04 Å². The number of aromatic nitrogens is 1. The molecule has 116 valence electrons. The first-order chi connectivity index (χ1) is 9.93. The molecular formula is C14H21N3O3S. The Balaban J connectivity index is 1.98. The molecule has 1 atom stereocenters. The lowest BCUT2D eigenvalue weighted by molar-refractivity contribution is -0.145. The van der Waals surface area contributed by atoms with E-state index in [0.717, 1.165) is 30.0 Å². The molecule has 0 spiro atoms. The molecule has 2 amide bonds. The Morgan fingerprint density at radius 3 is 2.57 bits per heavy atom. The Bertz CT molecular complexity index is 523. The molecule has 0 bridgehead atoms. The van der Waals surface area contributed by atoms with E-state index in [0.29, 0.717) is 12.8 Å². The zero-order chi connectivity index (χ0) is 15.5. The second-order valence-corrected chi connectivity index (χ2v) is 6.48. The van der Waals surface area contributed by atoms with E-state index in [2.05, 4.69) is 15.6 Å². The van der Waals surface area contributed by atoms with Crippen molar-refractivity contribution < 1.29 is 14.7 Å². The number of nitrogens with one attached hydrogen (secondary N) is 2. The minimum atomic E-state index is -1.12. The summed E-state index contributed by atoms with van der Waals surface area (Å²) in [5.41, 5.74) is -0.209. The summed E-state index contributed by atoms with van der Waals surface area (Å²) in [7, 11) is 0. The first-order valence-corrected chi connectivity index (χ1v) is 8.05. The summed E-state index contributed by atoms with van der Waals surface area (Å²) in [6.07, 6.45) is 3.65. The summed E-state index contributed by atoms with van der Waals surface area (Å²) in [5.74, 6) is -0.949. The van der Waals surface area contributed by atoms with Gasteiger partial charge >= 0.3 is 12.0 Å². The molecule has 1 fully saturated rings. The Labute approximate surface area is 128 Å². The topological polar surface area (TPSA) is 91.3 Å². The van der Waals surface area contributed by atoms with Crippen LogP contribution in [0.1, 0.15) is 55.8 Å². The number of hydrogen-bond donors (Lipinski definition) is 3. The number of amides is 2. The van der Waals surface area contributed by atoms with Crippen molar-refractivity contribution in [1.82, 2.24) is 15.6 Å². The van der Waals surface area contributed by atoms with Crippen LogP contribution >= 0.6 is 11.3 Å². The van der Waals surface area contributed by atoms with Crippen LogP contribution in [0.3, 0.4) is 0 Å². The van der Waals surface area contributed by atoms with Gasteiger partial charge < -0.3 is 15.7 Å². The van der Waals surface area contributed by atoms with Crippen molar-refractivity contribution in [3.63, 3.8) is 0 Å². The van der Waals surface area contributed by atoms with Crippen LogP contribution in [-0.2, 0) is 4.79 Å². The molecule has 3 N–H and O–H groups in total. The molecule has 0 saturated heterocycles. The summed E-state index contributed by atoms with van der Waals surface area (Å²) < 4.78 is 0. The molecule has 2 rings (SSSR count). The van der Waals surface area contributed by atoms with E-state index < -0.39 is 17.5 Å². The maximum atomic E-state index is 12.1. The van der Waals surface area contributed by atoms with Crippen LogP contribution in [0.2, 0.25) is 0 Å². The number of carbonyl (C=O) groups is 2. The number of hydrogen-bond acceptors (Lipinski definition) is 4. The molecular weight excluding hydrogens is 290 g/mol. The van der Waals surface area contributed by atoms with Gasteiger partial charge in [-0.3, -0.25) is 0 Å². The van der Waals surface area contributed by atoms with Crippen molar-refractivity contribution in [2.24, 2.45) is 0 Å². The molecule has 6 nitrogen and oxygen atoms in total. The SMILES string of the molecule is Cc1csc(C(C)NC(=O)NC2(C(=O)O)CCCCC2)n1. The van der Waals surface area contributed by atoms with E-state index in [1.54, 1.807) is 0 Å². The van der Waals surface area contributed by atoms with Crippen LogP contribution in [0.25, 0.3) is 0 Å². The Hall–Kier alpha value is -1.63. The predicted octanol–water partition coefficient (Wildman–Crippen LogP) is 2.60. The molecule has 1 aliphatic rings. The van der Waals surface area contributed by atoms with Gasteiger partial charge in [0.25, 0.3) is 0 Å². The molecule has 1 aromatic heterocycles. The van der Waals surface area contributed by atoms with Crippen LogP contribution in [0.4, 0.5) is 4.79 Å². The first-order valence-electron chi connectivity index (χ1n) is 7.17. The van der Waals surface area contributed by atoms with Gasteiger partial charge in [0, 0.05) is 11.1 Å². The fourth-order valence-electron chi connectivity index (χ4n) is 2.63. The zero-order valence-corrected chi connectivity index (χ0v) is 13.1. The number of carboxylic acid groups (broad SMARTS) is 1. The smallest absolute Gasteiger partial charge is 0.329 e. The number of rotatable bonds is 4. The van der Waals surface area contributed by atoms with Crippen LogP contribution in [-0.4, -0.2) is 27.6 Å². The Morgan fingerprint density at radius 2 is 2.05 bits per heavy atom. The van der Waals surface area contributed by atoms with Gasteiger partial charge in [0.2, 0.25) is 0 Å². The molecule has 1 saturated carbocycles. The van der Waals surface area contributed by atoms with Gasteiger partial charge in [0.15, 0.2) is 0 Å².